The van der Waals surface area contributed by atoms with Crippen LogP contribution in [0.3, 0.4) is 0 Å². The van der Waals surface area contributed by atoms with Gasteiger partial charge < -0.3 is 20.4 Å². The Morgan fingerprint density at radius 1 is 0.287 bits per heavy atom. The lowest BCUT2D eigenvalue weighted by Crippen LogP contribution is -2.07. The Bertz CT molecular complexity index is 5580. The predicted molar refractivity (Wildman–Crippen MR) is 517 cm³/mol. The molecule has 0 aliphatic heterocycles. The van der Waals surface area contributed by atoms with Gasteiger partial charge in [-0.3, -0.25) is 59.0 Å². The summed E-state index contributed by atoms with van der Waals surface area (Å²) in [5.41, 5.74) is 27.7. The van der Waals surface area contributed by atoms with Crippen molar-refractivity contribution in [2.24, 2.45) is 0 Å². The van der Waals surface area contributed by atoms with Gasteiger partial charge in [-0.05, 0) is 377 Å². The van der Waals surface area contributed by atoms with Crippen LogP contribution in [-0.2, 0) is 96.2 Å². The quantitative estimate of drug-likeness (QED) is 0.0261. The topological polar surface area (TPSA) is 252 Å². The summed E-state index contributed by atoms with van der Waals surface area (Å²) >= 11 is 0. The number of pyridine rings is 8. The van der Waals surface area contributed by atoms with Crippen molar-refractivity contribution in [3.63, 3.8) is 0 Å². The van der Waals surface area contributed by atoms with Crippen LogP contribution in [0.25, 0.3) is 43.6 Å². The van der Waals surface area contributed by atoms with Crippen molar-refractivity contribution in [1.82, 2.24) is 39.9 Å². The molecule has 8 aromatic heterocycles. The fourth-order valence-corrected chi connectivity index (χ4v) is 19.6. The Labute approximate surface area is 763 Å². The Balaban J connectivity index is 0.000000147. The Kier molecular flexibility index (Phi) is 36.3. The van der Waals surface area contributed by atoms with Gasteiger partial charge in [0.1, 0.15) is 5.82 Å². The number of hydrogen-bond acceptors (Lipinski definition) is 12. The highest BCUT2D eigenvalue weighted by Crippen LogP contribution is 2.36. The number of fused-ring (bicyclic) bond motifs is 8. The third kappa shape index (κ3) is 29.7. The van der Waals surface area contributed by atoms with Crippen molar-refractivity contribution in [3.8, 4) is 0 Å². The average Bonchev–Trinajstić information content (AvgIpc) is 0.777. The van der Waals surface area contributed by atoms with Crippen LogP contribution < -0.4 is 0 Å². The van der Waals surface area contributed by atoms with Crippen molar-refractivity contribution >= 4 is 67.5 Å². The average molecular weight is 1740 g/mol. The molecule has 16 nitrogen and oxygen atoms in total. The molecule has 129 heavy (non-hydrogen) atoms. The van der Waals surface area contributed by atoms with E-state index in [2.05, 4.69) is 156 Å². The van der Waals surface area contributed by atoms with Crippen molar-refractivity contribution in [3.05, 3.63) is 282 Å². The maximum Gasteiger partial charge on any atom is 0.303 e. The standard InChI is InChI=1S/C28H33FN2O2.3C28H34N2O2/c1-19-14-27-22(16-25(19)29)15-23(18-30-27)21(17-28(32)33)9-4-2-3-5-10-24-13-12-20-8-6-7-11-26(20)31-24;1-20-12-15-26-23(16-20)17-24(19-29-26)22(18-28(31)32)9-4-2-3-5-10-25-14-13-21-8-6-7-11-27(21)30-25;2*1-20-12-13-23-17-24(19-29-27(23)16-20)22(18-28(31)32)9-4-2-3-5-10-25-15-14-21-8-6-7-11-26(21)30-25/h12-16,18,21H,2-11,17H2,1H3,(H,32,33);3*12-17,19,22H,2-11,18H2,1H3,(H,31,32). The summed E-state index contributed by atoms with van der Waals surface area (Å²) in [5.74, 6) is -3.33. The lowest BCUT2D eigenvalue weighted by molar-refractivity contribution is -0.138. The fourth-order valence-electron chi connectivity index (χ4n) is 19.6. The van der Waals surface area contributed by atoms with E-state index in [1.807, 2.05) is 30.7 Å². The highest BCUT2D eigenvalue weighted by molar-refractivity contribution is 5.83. The molecule has 12 aromatic rings. The zero-order valence-corrected chi connectivity index (χ0v) is 76.9. The van der Waals surface area contributed by atoms with E-state index in [0.717, 1.165) is 246 Å². The zero-order valence-electron chi connectivity index (χ0n) is 76.9. The lowest BCUT2D eigenvalue weighted by Gasteiger charge is -2.16. The van der Waals surface area contributed by atoms with Crippen LogP contribution in [0, 0.1) is 33.5 Å². The second kappa shape index (κ2) is 49.1. The van der Waals surface area contributed by atoms with E-state index in [9.17, 15) is 44.0 Å². The number of halogens is 1. The van der Waals surface area contributed by atoms with E-state index in [1.54, 1.807) is 19.2 Å². The molecule has 8 heterocycles. The summed E-state index contributed by atoms with van der Waals surface area (Å²) in [4.78, 5) is 83.6. The summed E-state index contributed by atoms with van der Waals surface area (Å²) < 4.78 is 14.0. The molecule has 0 bridgehead atoms. The van der Waals surface area contributed by atoms with Gasteiger partial charge >= 0.3 is 23.9 Å². The second-order valence-electron chi connectivity index (χ2n) is 37.4. The molecule has 4 aliphatic rings. The van der Waals surface area contributed by atoms with Gasteiger partial charge in [-0.25, -0.2) is 4.39 Å². The number of rotatable bonds is 40. The van der Waals surface area contributed by atoms with Gasteiger partial charge in [0.25, 0.3) is 0 Å². The van der Waals surface area contributed by atoms with Crippen LogP contribution >= 0.6 is 0 Å². The summed E-state index contributed by atoms with van der Waals surface area (Å²) in [6.45, 7) is 7.91. The van der Waals surface area contributed by atoms with E-state index < -0.39 is 23.9 Å². The number of aromatic nitrogens is 8. The maximum atomic E-state index is 14.0. The van der Waals surface area contributed by atoms with E-state index in [1.165, 1.54) is 168 Å². The maximum absolute atomic E-state index is 14.0. The SMILES string of the molecule is Cc1cc2ncc(C(CCCCCCc3ccc4c(n3)CCCC4)CC(=O)O)cc2cc1F.Cc1ccc2cc(C(CCCCCCc3ccc4c(n3)CCCC4)CC(=O)O)cnc2c1.Cc1ccc2cc(C(CCCCCCc3ccc4c(n3)CCCC4)CC(=O)O)cnc2c1.Cc1ccc2ncc(C(CCCCCCc3ccc4c(n3)CCCC4)CC(=O)O)cc2c1. The van der Waals surface area contributed by atoms with Crippen molar-refractivity contribution in [1.29, 1.82) is 0 Å². The highest BCUT2D eigenvalue weighted by Gasteiger charge is 2.24. The smallest absolute Gasteiger partial charge is 0.303 e. The lowest BCUT2D eigenvalue weighted by atomic mass is 9.90. The monoisotopic (exact) mass is 1740 g/mol. The molecule has 4 N–H and O–H groups in total. The first-order valence-corrected chi connectivity index (χ1v) is 48.7. The molecule has 678 valence electrons. The van der Waals surface area contributed by atoms with E-state index in [0.29, 0.717) is 5.56 Å². The zero-order chi connectivity index (χ0) is 90.2. The van der Waals surface area contributed by atoms with Gasteiger partial charge in [0, 0.05) is 91.9 Å². The van der Waals surface area contributed by atoms with Crippen LogP contribution in [0.1, 0.15) is 341 Å². The number of carboxylic acid groups (broad SMARTS) is 4. The van der Waals surface area contributed by atoms with Crippen LogP contribution in [0.15, 0.2) is 164 Å². The summed E-state index contributed by atoms with van der Waals surface area (Å²) in [6.07, 6.45) is 52.7. The number of hydrogen-bond donors (Lipinski definition) is 4. The predicted octanol–water partition coefficient (Wildman–Crippen LogP) is 26.4. The molecule has 0 fully saturated rings. The molecule has 16 rings (SSSR count). The van der Waals surface area contributed by atoms with E-state index in [4.69, 9.17) is 19.9 Å². The molecule has 4 atom stereocenters. The molecule has 0 spiro atoms. The van der Waals surface area contributed by atoms with Crippen LogP contribution in [0.2, 0.25) is 0 Å². The molecule has 4 unspecified atom stereocenters. The van der Waals surface area contributed by atoms with Crippen molar-refractivity contribution in [2.75, 3.05) is 0 Å². The minimum absolute atomic E-state index is 0.0206. The Morgan fingerprint density at radius 3 is 0.884 bits per heavy atom. The number of carbonyl (C=O) groups is 4. The van der Waals surface area contributed by atoms with E-state index >= 15 is 0 Å². The van der Waals surface area contributed by atoms with E-state index in [-0.39, 0.29) is 55.2 Å². The van der Waals surface area contributed by atoms with Gasteiger partial charge in [0.2, 0.25) is 0 Å². The number of unbranched alkanes of at least 4 members (excludes halogenated alkanes) is 12. The molecule has 0 saturated heterocycles. The van der Waals surface area contributed by atoms with Gasteiger partial charge in [0.15, 0.2) is 0 Å². The molecule has 4 aliphatic carbocycles. The Morgan fingerprint density at radius 2 is 0.558 bits per heavy atom. The van der Waals surface area contributed by atoms with Crippen molar-refractivity contribution in [2.45, 2.75) is 334 Å². The highest BCUT2D eigenvalue weighted by atomic mass is 19.1. The third-order valence-corrected chi connectivity index (χ3v) is 27.0. The van der Waals surface area contributed by atoms with Gasteiger partial charge in [-0.2, -0.15) is 0 Å². The second-order valence-corrected chi connectivity index (χ2v) is 37.4. The first-order valence-electron chi connectivity index (χ1n) is 48.7. The first-order chi connectivity index (χ1) is 62.7. The number of aliphatic carboxylic acids is 4. The number of nitrogens with zero attached hydrogens (tertiary/aromatic N) is 8. The molecule has 17 heteroatoms. The summed E-state index contributed by atoms with van der Waals surface area (Å²) in [6, 6.07) is 48.1. The molecular weight excluding hydrogens is 1600 g/mol. The van der Waals surface area contributed by atoms with Gasteiger partial charge in [0.05, 0.1) is 47.8 Å². The molecular formula is C112H135FN8O8. The van der Waals surface area contributed by atoms with Crippen LogP contribution in [0.4, 0.5) is 4.39 Å². The number of benzene rings is 4. The third-order valence-electron chi connectivity index (χ3n) is 27.0. The minimum atomic E-state index is -0.811. The molecule has 0 amide bonds. The number of aryl methyl sites for hydroxylation is 16. The number of carboxylic acids is 4. The summed E-state index contributed by atoms with van der Waals surface area (Å²) in [7, 11) is 0. The minimum Gasteiger partial charge on any atom is -0.481 e. The van der Waals surface area contributed by atoms with Crippen LogP contribution in [-0.4, -0.2) is 84.2 Å². The molecule has 4 aromatic carbocycles. The summed E-state index contributed by atoms with van der Waals surface area (Å²) in [5, 5.41) is 41.7. The Hall–Kier alpha value is -11.1. The molecule has 0 saturated carbocycles. The van der Waals surface area contributed by atoms with Gasteiger partial charge in [-0.1, -0.05) is 137 Å². The van der Waals surface area contributed by atoms with Crippen molar-refractivity contribution < 1.29 is 44.0 Å². The molecule has 0 radical (unpaired) electrons. The van der Waals surface area contributed by atoms with Crippen LogP contribution in [0.5, 0.6) is 0 Å². The fraction of sp³-hybridized carbons (Fsp3) is 0.464. The first kappa shape index (κ1) is 95.5. The normalized spacial score (nSPS) is 14.3. The largest absolute Gasteiger partial charge is 0.481 e. The van der Waals surface area contributed by atoms with Gasteiger partial charge in [-0.15, -0.1) is 0 Å².